The summed E-state index contributed by atoms with van der Waals surface area (Å²) in [7, 11) is -4.24. The number of hydrogen-bond donors (Lipinski definition) is 0. The predicted octanol–water partition coefficient (Wildman–Crippen LogP) is 2.43. The van der Waals surface area contributed by atoms with Crippen molar-refractivity contribution < 1.29 is 13.0 Å². The Balaban J connectivity index is 2.48. The van der Waals surface area contributed by atoms with Crippen molar-refractivity contribution in [2.45, 2.75) is 43.3 Å². The molecule has 1 fully saturated rings. The molecular formula is C13H17O3S-. The molecule has 0 aromatic heterocycles. The summed E-state index contributed by atoms with van der Waals surface area (Å²) in [6, 6.07) is 9.58. The van der Waals surface area contributed by atoms with Crippen LogP contribution in [0.3, 0.4) is 0 Å². The van der Waals surface area contributed by atoms with Crippen LogP contribution in [0.1, 0.15) is 38.2 Å². The molecule has 3 nitrogen and oxygen atoms in total. The van der Waals surface area contributed by atoms with E-state index in [-0.39, 0.29) is 0 Å². The van der Waals surface area contributed by atoms with Gasteiger partial charge in [-0.3, -0.25) is 0 Å². The molecule has 0 heterocycles. The molecule has 0 N–H and O–H groups in total. The van der Waals surface area contributed by atoms with Crippen LogP contribution < -0.4 is 0 Å². The minimum Gasteiger partial charge on any atom is -0.748 e. The van der Waals surface area contributed by atoms with Crippen LogP contribution in [-0.2, 0) is 15.5 Å². The standard InChI is InChI=1S/C13H18O3S/c1-11(17(14,15)16)13(9-5-6-10-13)12-7-3-2-4-8-12/h2-4,7-8,11H,5-6,9-10H2,1H3,(H,14,15,16)/p-1. The van der Waals surface area contributed by atoms with Crippen LogP contribution in [-0.4, -0.2) is 18.2 Å². The maximum Gasteiger partial charge on any atom is 0.0981 e. The Hall–Kier alpha value is -0.870. The fourth-order valence-corrected chi connectivity index (χ4v) is 3.91. The molecule has 1 aromatic carbocycles. The molecule has 1 saturated carbocycles. The molecule has 0 saturated heterocycles. The van der Waals surface area contributed by atoms with Gasteiger partial charge in [0.15, 0.2) is 0 Å². The Labute approximate surface area is 103 Å². The Kier molecular flexibility index (Phi) is 3.27. The number of benzene rings is 1. The minimum absolute atomic E-state index is 0.470. The van der Waals surface area contributed by atoms with Crippen LogP contribution >= 0.6 is 0 Å². The molecule has 0 amide bonds. The van der Waals surface area contributed by atoms with E-state index in [2.05, 4.69) is 0 Å². The first-order chi connectivity index (χ1) is 7.97. The van der Waals surface area contributed by atoms with E-state index in [0.717, 1.165) is 31.2 Å². The van der Waals surface area contributed by atoms with E-state index >= 15 is 0 Å². The molecule has 17 heavy (non-hydrogen) atoms. The predicted molar refractivity (Wildman–Crippen MR) is 65.7 cm³/mol. The summed E-state index contributed by atoms with van der Waals surface area (Å²) in [5.74, 6) is 0. The van der Waals surface area contributed by atoms with Gasteiger partial charge >= 0.3 is 0 Å². The summed E-state index contributed by atoms with van der Waals surface area (Å²) < 4.78 is 34.0. The van der Waals surface area contributed by atoms with Gasteiger partial charge in [-0.05, 0) is 25.3 Å². The van der Waals surface area contributed by atoms with Gasteiger partial charge in [-0.25, -0.2) is 8.42 Å². The first-order valence-corrected chi connectivity index (χ1v) is 7.44. The normalized spacial score (nSPS) is 21.3. The van der Waals surface area contributed by atoms with Crippen molar-refractivity contribution in [2.75, 3.05) is 0 Å². The fourth-order valence-electron chi connectivity index (χ4n) is 2.98. The van der Waals surface area contributed by atoms with Gasteiger partial charge in [-0.2, -0.15) is 0 Å². The van der Waals surface area contributed by atoms with Gasteiger partial charge in [0.05, 0.1) is 15.4 Å². The van der Waals surface area contributed by atoms with Crippen molar-refractivity contribution >= 4 is 10.1 Å². The van der Waals surface area contributed by atoms with E-state index < -0.39 is 20.8 Å². The van der Waals surface area contributed by atoms with Gasteiger partial charge in [0.2, 0.25) is 0 Å². The Morgan fingerprint density at radius 3 is 2.18 bits per heavy atom. The van der Waals surface area contributed by atoms with Gasteiger partial charge in [0.1, 0.15) is 0 Å². The van der Waals surface area contributed by atoms with Gasteiger partial charge in [0.25, 0.3) is 0 Å². The molecule has 1 aliphatic rings. The summed E-state index contributed by atoms with van der Waals surface area (Å²) in [5.41, 5.74) is 0.520. The molecule has 1 aliphatic carbocycles. The van der Waals surface area contributed by atoms with Crippen molar-refractivity contribution in [3.05, 3.63) is 35.9 Å². The molecular weight excluding hydrogens is 236 g/mol. The van der Waals surface area contributed by atoms with Crippen LogP contribution in [0.4, 0.5) is 0 Å². The Bertz CT molecular complexity index is 473. The lowest BCUT2D eigenvalue weighted by molar-refractivity contribution is 0.376. The Morgan fingerprint density at radius 1 is 1.18 bits per heavy atom. The van der Waals surface area contributed by atoms with Crippen LogP contribution in [0.15, 0.2) is 30.3 Å². The van der Waals surface area contributed by atoms with Gasteiger partial charge in [0, 0.05) is 5.41 Å². The highest BCUT2D eigenvalue weighted by Crippen LogP contribution is 2.45. The van der Waals surface area contributed by atoms with Crippen molar-refractivity contribution in [3.63, 3.8) is 0 Å². The summed E-state index contributed by atoms with van der Waals surface area (Å²) in [6.45, 7) is 1.56. The first-order valence-electron chi connectivity index (χ1n) is 5.97. The second kappa shape index (κ2) is 4.42. The van der Waals surface area contributed by atoms with Crippen LogP contribution in [0.25, 0.3) is 0 Å². The molecule has 1 aromatic rings. The monoisotopic (exact) mass is 253 g/mol. The first kappa shape index (κ1) is 12.6. The van der Waals surface area contributed by atoms with Crippen molar-refractivity contribution in [3.8, 4) is 0 Å². The fraction of sp³-hybridized carbons (Fsp3) is 0.538. The lowest BCUT2D eigenvalue weighted by Gasteiger charge is -2.37. The molecule has 0 aliphatic heterocycles. The SMILES string of the molecule is CC(C1(c2ccccc2)CCCC1)S(=O)(=O)[O-]. The number of hydrogen-bond acceptors (Lipinski definition) is 3. The van der Waals surface area contributed by atoms with Gasteiger partial charge in [-0.15, -0.1) is 0 Å². The zero-order chi connectivity index (χ0) is 12.5. The van der Waals surface area contributed by atoms with E-state index in [1.165, 1.54) is 0 Å². The third kappa shape index (κ3) is 2.24. The highest BCUT2D eigenvalue weighted by Gasteiger charge is 2.43. The zero-order valence-electron chi connectivity index (χ0n) is 9.93. The highest BCUT2D eigenvalue weighted by molar-refractivity contribution is 7.86. The minimum atomic E-state index is -4.24. The second-order valence-electron chi connectivity index (χ2n) is 4.86. The van der Waals surface area contributed by atoms with E-state index in [4.69, 9.17) is 0 Å². The maximum absolute atomic E-state index is 11.3. The third-order valence-electron chi connectivity index (χ3n) is 4.06. The van der Waals surface area contributed by atoms with Crippen molar-refractivity contribution in [1.29, 1.82) is 0 Å². The van der Waals surface area contributed by atoms with E-state index in [1.807, 2.05) is 30.3 Å². The zero-order valence-corrected chi connectivity index (χ0v) is 10.7. The summed E-state index contributed by atoms with van der Waals surface area (Å²) >= 11 is 0. The summed E-state index contributed by atoms with van der Waals surface area (Å²) in [4.78, 5) is 0. The lowest BCUT2D eigenvalue weighted by atomic mass is 9.76. The molecule has 0 spiro atoms. The van der Waals surface area contributed by atoms with Gasteiger partial charge < -0.3 is 4.55 Å². The molecule has 0 radical (unpaired) electrons. The Morgan fingerprint density at radius 2 is 1.71 bits per heavy atom. The average molecular weight is 253 g/mol. The van der Waals surface area contributed by atoms with Crippen LogP contribution in [0.2, 0.25) is 0 Å². The average Bonchev–Trinajstić information content (AvgIpc) is 2.78. The van der Waals surface area contributed by atoms with Gasteiger partial charge in [-0.1, -0.05) is 43.2 Å². The molecule has 94 valence electrons. The van der Waals surface area contributed by atoms with E-state index in [9.17, 15) is 13.0 Å². The third-order valence-corrected chi connectivity index (χ3v) is 5.37. The van der Waals surface area contributed by atoms with Crippen LogP contribution in [0, 0.1) is 0 Å². The largest absolute Gasteiger partial charge is 0.748 e. The van der Waals surface area contributed by atoms with Crippen molar-refractivity contribution in [2.24, 2.45) is 0 Å². The van der Waals surface area contributed by atoms with E-state index in [0.29, 0.717) is 0 Å². The van der Waals surface area contributed by atoms with Crippen LogP contribution in [0.5, 0.6) is 0 Å². The molecule has 2 rings (SSSR count). The quantitative estimate of drug-likeness (QED) is 0.777. The molecule has 1 atom stereocenters. The maximum atomic E-state index is 11.3. The smallest absolute Gasteiger partial charge is 0.0981 e. The summed E-state index contributed by atoms with van der Waals surface area (Å²) in [5, 5.41) is -0.847. The lowest BCUT2D eigenvalue weighted by Crippen LogP contribution is -2.40. The van der Waals surface area contributed by atoms with E-state index in [1.54, 1.807) is 6.92 Å². The molecule has 0 bridgehead atoms. The topological polar surface area (TPSA) is 57.2 Å². The number of rotatable bonds is 3. The molecule has 4 heteroatoms. The van der Waals surface area contributed by atoms with Crippen molar-refractivity contribution in [1.82, 2.24) is 0 Å². The second-order valence-corrected chi connectivity index (χ2v) is 6.56. The summed E-state index contributed by atoms with van der Waals surface area (Å²) in [6.07, 6.45) is 3.57. The highest BCUT2D eigenvalue weighted by atomic mass is 32.2. The molecule has 1 unspecified atom stereocenters.